The zero-order valence-corrected chi connectivity index (χ0v) is 17.6. The Balaban J connectivity index is 1.72. The molecule has 0 saturated heterocycles. The molecule has 4 heteroatoms. The third-order valence-electron chi connectivity index (χ3n) is 5.21. The van der Waals surface area contributed by atoms with Gasteiger partial charge in [-0.2, -0.15) is 0 Å². The SMILES string of the molecule is CC[C@H](Oc1ccc2ccccc2c1)C(=O)N[C@H](CC)c1ccc(OC)c(C)c1. The monoisotopic (exact) mass is 391 g/mol. The van der Waals surface area contributed by atoms with Crippen LogP contribution in [-0.4, -0.2) is 19.1 Å². The topological polar surface area (TPSA) is 47.6 Å². The minimum absolute atomic E-state index is 0.0682. The lowest BCUT2D eigenvalue weighted by atomic mass is 10.0. The number of carbonyl (C=O) groups is 1. The van der Waals surface area contributed by atoms with Gasteiger partial charge in [-0.25, -0.2) is 0 Å². The second kappa shape index (κ2) is 9.46. The number of nitrogens with one attached hydrogen (secondary N) is 1. The number of amides is 1. The number of aryl methyl sites for hydroxylation is 1. The molecule has 4 nitrogen and oxygen atoms in total. The number of rotatable bonds is 8. The van der Waals surface area contributed by atoms with Gasteiger partial charge in [-0.05, 0) is 59.9 Å². The van der Waals surface area contributed by atoms with E-state index >= 15 is 0 Å². The highest BCUT2D eigenvalue weighted by molar-refractivity contribution is 5.84. The van der Waals surface area contributed by atoms with Crippen LogP contribution in [0.15, 0.2) is 60.7 Å². The summed E-state index contributed by atoms with van der Waals surface area (Å²) in [6, 6.07) is 20.0. The van der Waals surface area contributed by atoms with Crippen molar-refractivity contribution in [1.29, 1.82) is 0 Å². The van der Waals surface area contributed by atoms with Gasteiger partial charge in [0.25, 0.3) is 5.91 Å². The molecule has 0 spiro atoms. The highest BCUT2D eigenvalue weighted by Gasteiger charge is 2.22. The van der Waals surface area contributed by atoms with Crippen LogP contribution >= 0.6 is 0 Å². The number of hydrogen-bond acceptors (Lipinski definition) is 3. The Morgan fingerprint density at radius 1 is 0.966 bits per heavy atom. The molecule has 29 heavy (non-hydrogen) atoms. The van der Waals surface area contributed by atoms with Crippen molar-refractivity contribution in [2.24, 2.45) is 0 Å². The lowest BCUT2D eigenvalue weighted by molar-refractivity contribution is -0.128. The van der Waals surface area contributed by atoms with Gasteiger partial charge >= 0.3 is 0 Å². The number of carbonyl (C=O) groups excluding carboxylic acids is 1. The minimum Gasteiger partial charge on any atom is -0.496 e. The zero-order valence-electron chi connectivity index (χ0n) is 17.6. The van der Waals surface area contributed by atoms with E-state index in [4.69, 9.17) is 9.47 Å². The molecule has 0 aromatic heterocycles. The van der Waals surface area contributed by atoms with Gasteiger partial charge < -0.3 is 14.8 Å². The first kappa shape index (κ1) is 20.7. The molecule has 1 N–H and O–H groups in total. The van der Waals surface area contributed by atoms with E-state index in [0.29, 0.717) is 12.2 Å². The number of ether oxygens (including phenoxy) is 2. The summed E-state index contributed by atoms with van der Waals surface area (Å²) in [5.74, 6) is 1.46. The van der Waals surface area contributed by atoms with Crippen LogP contribution in [0.5, 0.6) is 11.5 Å². The van der Waals surface area contributed by atoms with Gasteiger partial charge in [0.15, 0.2) is 6.10 Å². The summed E-state index contributed by atoms with van der Waals surface area (Å²) in [5.41, 5.74) is 2.12. The summed E-state index contributed by atoms with van der Waals surface area (Å²) in [4.78, 5) is 12.9. The molecular weight excluding hydrogens is 362 g/mol. The molecule has 2 atom stereocenters. The first-order valence-corrected chi connectivity index (χ1v) is 10.2. The third kappa shape index (κ3) is 4.89. The van der Waals surface area contributed by atoms with Gasteiger partial charge in [0, 0.05) is 0 Å². The maximum absolute atomic E-state index is 12.9. The predicted octanol–water partition coefficient (Wildman–Crippen LogP) is 5.58. The van der Waals surface area contributed by atoms with E-state index in [-0.39, 0.29) is 11.9 Å². The largest absolute Gasteiger partial charge is 0.496 e. The average Bonchev–Trinajstić information content (AvgIpc) is 2.75. The molecule has 0 unspecified atom stereocenters. The average molecular weight is 392 g/mol. The summed E-state index contributed by atoms with van der Waals surface area (Å²) in [6.45, 7) is 6.04. The molecule has 0 saturated carbocycles. The van der Waals surface area contributed by atoms with E-state index in [9.17, 15) is 4.79 Å². The first-order chi connectivity index (χ1) is 14.0. The van der Waals surface area contributed by atoms with Crippen LogP contribution < -0.4 is 14.8 Å². The Hall–Kier alpha value is -3.01. The Labute approximate surface area is 172 Å². The maximum atomic E-state index is 12.9. The smallest absolute Gasteiger partial charge is 0.261 e. The van der Waals surface area contributed by atoms with E-state index in [1.165, 1.54) is 0 Å². The van der Waals surface area contributed by atoms with Crippen LogP contribution in [0.25, 0.3) is 10.8 Å². The number of benzene rings is 3. The number of fused-ring (bicyclic) bond motifs is 1. The molecular formula is C25H29NO3. The standard InChI is InChI=1S/C25H29NO3/c1-5-22(20-12-14-24(28-4)17(3)15-20)26-25(27)23(6-2)29-21-13-11-18-9-7-8-10-19(18)16-21/h7-16,22-23H,5-6H2,1-4H3,(H,26,27)/t22-,23+/m1/s1. The fourth-order valence-corrected chi connectivity index (χ4v) is 3.53. The van der Waals surface area contributed by atoms with E-state index in [1.807, 2.05) is 62.4 Å². The quantitative estimate of drug-likeness (QED) is 0.545. The molecule has 0 aliphatic rings. The van der Waals surface area contributed by atoms with Crippen molar-refractivity contribution in [3.63, 3.8) is 0 Å². The molecule has 0 aliphatic carbocycles. The van der Waals surface area contributed by atoms with Crippen LogP contribution in [0.1, 0.15) is 43.9 Å². The Bertz CT molecular complexity index is 983. The normalized spacial score (nSPS) is 13.0. The third-order valence-corrected chi connectivity index (χ3v) is 5.21. The Morgan fingerprint density at radius 3 is 2.38 bits per heavy atom. The lowest BCUT2D eigenvalue weighted by Crippen LogP contribution is -2.40. The predicted molar refractivity (Wildman–Crippen MR) is 118 cm³/mol. The molecule has 3 aromatic rings. The second-order valence-corrected chi connectivity index (χ2v) is 7.22. The van der Waals surface area contributed by atoms with Gasteiger partial charge in [-0.1, -0.05) is 56.3 Å². The van der Waals surface area contributed by atoms with Gasteiger partial charge in [0.2, 0.25) is 0 Å². The molecule has 0 radical (unpaired) electrons. The number of hydrogen-bond donors (Lipinski definition) is 1. The van der Waals surface area contributed by atoms with Gasteiger partial charge in [-0.3, -0.25) is 4.79 Å². The van der Waals surface area contributed by atoms with Crippen LogP contribution in [0.4, 0.5) is 0 Å². The van der Waals surface area contributed by atoms with Gasteiger partial charge in [-0.15, -0.1) is 0 Å². The van der Waals surface area contributed by atoms with E-state index in [2.05, 4.69) is 24.4 Å². The second-order valence-electron chi connectivity index (χ2n) is 7.22. The van der Waals surface area contributed by atoms with Crippen LogP contribution in [-0.2, 0) is 4.79 Å². The van der Waals surface area contributed by atoms with Crippen LogP contribution in [0.3, 0.4) is 0 Å². The molecule has 3 aromatic carbocycles. The van der Waals surface area contributed by atoms with Crippen molar-refractivity contribution in [3.8, 4) is 11.5 Å². The summed E-state index contributed by atoms with van der Waals surface area (Å²) in [6.07, 6.45) is 0.852. The van der Waals surface area contributed by atoms with Crippen LogP contribution in [0, 0.1) is 6.92 Å². The molecule has 0 heterocycles. The Kier molecular flexibility index (Phi) is 6.76. The fraction of sp³-hybridized carbons (Fsp3) is 0.320. The molecule has 0 bridgehead atoms. The summed E-state index contributed by atoms with van der Waals surface area (Å²) >= 11 is 0. The molecule has 0 aliphatic heterocycles. The molecule has 1 amide bonds. The molecule has 152 valence electrons. The van der Waals surface area contributed by atoms with Crippen LogP contribution in [0.2, 0.25) is 0 Å². The fourth-order valence-electron chi connectivity index (χ4n) is 3.53. The Morgan fingerprint density at radius 2 is 1.72 bits per heavy atom. The maximum Gasteiger partial charge on any atom is 0.261 e. The minimum atomic E-state index is -0.537. The highest BCUT2D eigenvalue weighted by Crippen LogP contribution is 2.25. The molecule has 3 rings (SSSR count). The highest BCUT2D eigenvalue weighted by atomic mass is 16.5. The van der Waals surface area contributed by atoms with Crippen molar-refractivity contribution in [2.45, 2.75) is 45.8 Å². The van der Waals surface area contributed by atoms with Gasteiger partial charge in [0.1, 0.15) is 11.5 Å². The zero-order chi connectivity index (χ0) is 20.8. The summed E-state index contributed by atoms with van der Waals surface area (Å²) in [5, 5.41) is 5.40. The van der Waals surface area contributed by atoms with Crippen molar-refractivity contribution in [2.75, 3.05) is 7.11 Å². The van der Waals surface area contributed by atoms with Crippen molar-refractivity contribution in [3.05, 3.63) is 71.8 Å². The van der Waals surface area contributed by atoms with Gasteiger partial charge in [0.05, 0.1) is 13.2 Å². The van der Waals surface area contributed by atoms with Crippen molar-refractivity contribution >= 4 is 16.7 Å². The van der Waals surface area contributed by atoms with E-state index in [1.54, 1.807) is 7.11 Å². The van der Waals surface area contributed by atoms with Crippen molar-refractivity contribution in [1.82, 2.24) is 5.32 Å². The lowest BCUT2D eigenvalue weighted by Gasteiger charge is -2.23. The number of methoxy groups -OCH3 is 1. The van der Waals surface area contributed by atoms with E-state index in [0.717, 1.165) is 34.1 Å². The first-order valence-electron chi connectivity index (χ1n) is 10.2. The summed E-state index contributed by atoms with van der Waals surface area (Å²) in [7, 11) is 1.66. The van der Waals surface area contributed by atoms with E-state index < -0.39 is 6.10 Å². The molecule has 0 fully saturated rings. The van der Waals surface area contributed by atoms with Crippen molar-refractivity contribution < 1.29 is 14.3 Å². The summed E-state index contributed by atoms with van der Waals surface area (Å²) < 4.78 is 11.4.